The smallest absolute Gasteiger partial charge is 0.253 e. The lowest BCUT2D eigenvalue weighted by Crippen LogP contribution is -2.22. The summed E-state index contributed by atoms with van der Waals surface area (Å²) in [5, 5.41) is 6.79. The van der Waals surface area contributed by atoms with Crippen LogP contribution in [0.5, 0.6) is 0 Å². The number of hydrazine groups is 1. The van der Waals surface area contributed by atoms with Crippen molar-refractivity contribution in [1.82, 2.24) is 10.3 Å². The fourth-order valence-corrected chi connectivity index (χ4v) is 1.96. The summed E-state index contributed by atoms with van der Waals surface area (Å²) in [6.45, 7) is 0.527. The van der Waals surface area contributed by atoms with Gasteiger partial charge in [-0.3, -0.25) is 4.79 Å². The summed E-state index contributed by atoms with van der Waals surface area (Å²) < 4.78 is 0. The highest BCUT2D eigenvalue weighted by molar-refractivity contribution is 7.07. The standard InChI is InChI=1S/C11H12N4OS/c12-15-10-2-1-9(6-13-10)11(16)14-5-8-3-4-17-7-8/h1-4,6-7H,5,12H2,(H,13,15)(H,14,16). The molecule has 2 aromatic rings. The number of hydrogen-bond acceptors (Lipinski definition) is 5. The van der Waals surface area contributed by atoms with Gasteiger partial charge in [0.2, 0.25) is 0 Å². The Labute approximate surface area is 103 Å². The third kappa shape index (κ3) is 3.02. The highest BCUT2D eigenvalue weighted by Crippen LogP contribution is 2.07. The monoisotopic (exact) mass is 248 g/mol. The number of carbonyl (C=O) groups is 1. The van der Waals surface area contributed by atoms with Gasteiger partial charge in [0, 0.05) is 12.7 Å². The minimum atomic E-state index is -0.146. The largest absolute Gasteiger partial charge is 0.348 e. The van der Waals surface area contributed by atoms with Crippen LogP contribution in [0.2, 0.25) is 0 Å². The number of carbonyl (C=O) groups excluding carboxylic acids is 1. The Morgan fingerprint density at radius 3 is 2.88 bits per heavy atom. The third-order valence-corrected chi connectivity index (χ3v) is 2.94. The summed E-state index contributed by atoms with van der Waals surface area (Å²) in [5.41, 5.74) is 4.01. The van der Waals surface area contributed by atoms with E-state index in [0.717, 1.165) is 5.56 Å². The molecule has 0 bridgehead atoms. The van der Waals surface area contributed by atoms with Gasteiger partial charge in [-0.15, -0.1) is 0 Å². The van der Waals surface area contributed by atoms with Crippen LogP contribution in [-0.4, -0.2) is 10.9 Å². The molecule has 2 aromatic heterocycles. The zero-order chi connectivity index (χ0) is 12.1. The molecule has 17 heavy (non-hydrogen) atoms. The Hall–Kier alpha value is -1.92. The minimum Gasteiger partial charge on any atom is -0.348 e. The van der Waals surface area contributed by atoms with E-state index in [1.54, 1.807) is 23.5 Å². The molecule has 88 valence electrons. The van der Waals surface area contributed by atoms with Crippen molar-refractivity contribution in [3.05, 3.63) is 46.3 Å². The van der Waals surface area contributed by atoms with Crippen LogP contribution in [0.25, 0.3) is 0 Å². The van der Waals surface area contributed by atoms with Gasteiger partial charge in [-0.2, -0.15) is 11.3 Å². The van der Waals surface area contributed by atoms with Crippen molar-refractivity contribution in [2.24, 2.45) is 5.84 Å². The molecular formula is C11H12N4OS. The predicted molar refractivity (Wildman–Crippen MR) is 67.5 cm³/mol. The number of nitrogens with zero attached hydrogens (tertiary/aromatic N) is 1. The minimum absolute atomic E-state index is 0.146. The average molecular weight is 248 g/mol. The van der Waals surface area contributed by atoms with Crippen LogP contribution >= 0.6 is 11.3 Å². The van der Waals surface area contributed by atoms with Crippen molar-refractivity contribution < 1.29 is 4.79 Å². The van der Waals surface area contributed by atoms with Gasteiger partial charge in [0.15, 0.2) is 0 Å². The van der Waals surface area contributed by atoms with Crippen LogP contribution in [-0.2, 0) is 6.54 Å². The molecule has 0 atom stereocenters. The second-order valence-corrected chi connectivity index (χ2v) is 4.17. The van der Waals surface area contributed by atoms with E-state index >= 15 is 0 Å². The van der Waals surface area contributed by atoms with Crippen molar-refractivity contribution in [2.75, 3.05) is 5.43 Å². The van der Waals surface area contributed by atoms with E-state index in [1.165, 1.54) is 6.20 Å². The van der Waals surface area contributed by atoms with Crippen molar-refractivity contribution in [2.45, 2.75) is 6.54 Å². The summed E-state index contributed by atoms with van der Waals surface area (Å²) >= 11 is 1.61. The number of nitrogens with one attached hydrogen (secondary N) is 2. The van der Waals surface area contributed by atoms with Crippen LogP contribution in [0.15, 0.2) is 35.2 Å². The van der Waals surface area contributed by atoms with E-state index in [4.69, 9.17) is 5.84 Å². The zero-order valence-corrected chi connectivity index (χ0v) is 9.83. The Morgan fingerprint density at radius 1 is 1.41 bits per heavy atom. The summed E-state index contributed by atoms with van der Waals surface area (Å²) in [6, 6.07) is 5.30. The van der Waals surface area contributed by atoms with E-state index < -0.39 is 0 Å². The lowest BCUT2D eigenvalue weighted by molar-refractivity contribution is 0.0950. The Morgan fingerprint density at radius 2 is 2.29 bits per heavy atom. The van der Waals surface area contributed by atoms with E-state index in [2.05, 4.69) is 15.7 Å². The van der Waals surface area contributed by atoms with Crippen LogP contribution in [0.4, 0.5) is 5.82 Å². The fourth-order valence-electron chi connectivity index (χ4n) is 1.29. The predicted octanol–water partition coefficient (Wildman–Crippen LogP) is 1.36. The molecule has 1 amide bonds. The zero-order valence-electron chi connectivity index (χ0n) is 9.01. The third-order valence-electron chi connectivity index (χ3n) is 2.21. The number of nitrogens with two attached hydrogens (primary N) is 1. The second kappa shape index (κ2) is 5.42. The normalized spacial score (nSPS) is 9.94. The molecule has 6 heteroatoms. The molecule has 0 fully saturated rings. The van der Waals surface area contributed by atoms with Crippen LogP contribution < -0.4 is 16.6 Å². The molecular weight excluding hydrogens is 236 g/mol. The van der Waals surface area contributed by atoms with Gasteiger partial charge in [0.05, 0.1) is 5.56 Å². The highest BCUT2D eigenvalue weighted by Gasteiger charge is 2.05. The van der Waals surface area contributed by atoms with Gasteiger partial charge in [-0.05, 0) is 34.5 Å². The number of amides is 1. The molecule has 0 aliphatic carbocycles. The van der Waals surface area contributed by atoms with Gasteiger partial charge >= 0.3 is 0 Å². The summed E-state index contributed by atoms with van der Waals surface area (Å²) in [6.07, 6.45) is 1.48. The highest BCUT2D eigenvalue weighted by atomic mass is 32.1. The molecule has 2 rings (SSSR count). The quantitative estimate of drug-likeness (QED) is 0.564. The Kier molecular flexibility index (Phi) is 3.69. The lowest BCUT2D eigenvalue weighted by Gasteiger charge is -2.04. The molecule has 0 saturated heterocycles. The first-order valence-electron chi connectivity index (χ1n) is 5.01. The maximum absolute atomic E-state index is 11.7. The number of hydrogen-bond donors (Lipinski definition) is 3. The number of rotatable bonds is 4. The molecule has 2 heterocycles. The van der Waals surface area contributed by atoms with Crippen molar-refractivity contribution >= 4 is 23.1 Å². The van der Waals surface area contributed by atoms with Crippen molar-refractivity contribution in [3.63, 3.8) is 0 Å². The summed E-state index contributed by atoms with van der Waals surface area (Å²) in [7, 11) is 0. The first-order chi connectivity index (χ1) is 8.29. The average Bonchev–Trinajstić information content (AvgIpc) is 2.89. The molecule has 0 unspecified atom stereocenters. The van der Waals surface area contributed by atoms with Crippen LogP contribution in [0.3, 0.4) is 0 Å². The van der Waals surface area contributed by atoms with E-state index in [9.17, 15) is 4.79 Å². The molecule has 4 N–H and O–H groups in total. The first-order valence-corrected chi connectivity index (χ1v) is 5.96. The molecule has 0 spiro atoms. The number of pyridine rings is 1. The van der Waals surface area contributed by atoms with Gasteiger partial charge in [0.1, 0.15) is 5.82 Å². The van der Waals surface area contributed by atoms with Crippen molar-refractivity contribution in [1.29, 1.82) is 0 Å². The maximum Gasteiger partial charge on any atom is 0.253 e. The summed E-state index contributed by atoms with van der Waals surface area (Å²) in [4.78, 5) is 15.7. The van der Waals surface area contributed by atoms with E-state index in [1.807, 2.05) is 16.8 Å². The van der Waals surface area contributed by atoms with E-state index in [0.29, 0.717) is 17.9 Å². The number of aromatic nitrogens is 1. The molecule has 5 nitrogen and oxygen atoms in total. The lowest BCUT2D eigenvalue weighted by atomic mass is 10.2. The van der Waals surface area contributed by atoms with Crippen LogP contribution in [0, 0.1) is 0 Å². The van der Waals surface area contributed by atoms with Crippen LogP contribution in [0.1, 0.15) is 15.9 Å². The molecule has 0 radical (unpaired) electrons. The Balaban J connectivity index is 1.95. The van der Waals surface area contributed by atoms with Crippen molar-refractivity contribution in [3.8, 4) is 0 Å². The van der Waals surface area contributed by atoms with Gasteiger partial charge in [-0.25, -0.2) is 10.8 Å². The Bertz CT molecular complexity index is 481. The van der Waals surface area contributed by atoms with Gasteiger partial charge < -0.3 is 10.7 Å². The van der Waals surface area contributed by atoms with Gasteiger partial charge in [-0.1, -0.05) is 0 Å². The van der Waals surface area contributed by atoms with Gasteiger partial charge in [0.25, 0.3) is 5.91 Å². The second-order valence-electron chi connectivity index (χ2n) is 3.39. The molecule has 0 saturated carbocycles. The first kappa shape index (κ1) is 11.6. The number of anilines is 1. The molecule has 0 aromatic carbocycles. The molecule has 0 aliphatic heterocycles. The topological polar surface area (TPSA) is 80.0 Å². The number of nitrogen functional groups attached to an aromatic ring is 1. The summed E-state index contributed by atoms with van der Waals surface area (Å²) in [5.74, 6) is 5.57. The fraction of sp³-hybridized carbons (Fsp3) is 0.0909. The van der Waals surface area contributed by atoms with E-state index in [-0.39, 0.29) is 5.91 Å². The maximum atomic E-state index is 11.7. The molecule has 0 aliphatic rings. The SMILES string of the molecule is NNc1ccc(C(=O)NCc2ccsc2)cn1. The number of thiophene rings is 1.